The van der Waals surface area contributed by atoms with Gasteiger partial charge in [-0.2, -0.15) is 8.78 Å². The first-order chi connectivity index (χ1) is 7.19. The topological polar surface area (TPSA) is 35.0 Å². The molecule has 2 rings (SSSR count). The summed E-state index contributed by atoms with van der Waals surface area (Å²) < 4.78 is 28.0. The lowest BCUT2D eigenvalue weighted by Crippen LogP contribution is -2.02. The second-order valence-corrected chi connectivity index (χ2v) is 3.88. The van der Waals surface area contributed by atoms with Crippen molar-refractivity contribution in [2.24, 2.45) is 0 Å². The van der Waals surface area contributed by atoms with Crippen molar-refractivity contribution in [3.63, 3.8) is 0 Å². The molecule has 0 radical (unpaired) electrons. The minimum absolute atomic E-state index is 0.0659. The third kappa shape index (κ3) is 2.20. The number of fused-ring (bicyclic) bond motifs is 1. The molecule has 0 fully saturated rings. The van der Waals surface area contributed by atoms with E-state index >= 15 is 0 Å². The van der Waals surface area contributed by atoms with Gasteiger partial charge in [-0.3, -0.25) is 0 Å². The molecule has 0 saturated carbocycles. The van der Waals surface area contributed by atoms with Crippen molar-refractivity contribution in [1.82, 2.24) is 9.97 Å². The molecule has 0 atom stereocenters. The maximum absolute atomic E-state index is 11.9. The summed E-state index contributed by atoms with van der Waals surface area (Å²) in [5.41, 5.74) is 0.721. The minimum atomic E-state index is -2.84. The van der Waals surface area contributed by atoms with Crippen molar-refractivity contribution in [3.8, 4) is 5.88 Å². The van der Waals surface area contributed by atoms with Gasteiger partial charge in [0, 0.05) is 6.07 Å². The van der Waals surface area contributed by atoms with E-state index in [2.05, 4.69) is 14.7 Å². The average Bonchev–Trinajstić information content (AvgIpc) is 2.58. The fourth-order valence-electron chi connectivity index (χ4n) is 1.15. The Bertz CT molecular complexity index is 472. The predicted octanol–water partition coefficient (Wildman–Crippen LogP) is 2.86. The third-order valence-corrected chi connectivity index (χ3v) is 2.90. The van der Waals surface area contributed by atoms with Gasteiger partial charge in [0.05, 0.1) is 5.01 Å². The normalized spacial score (nSPS) is 11.2. The first-order valence-electron chi connectivity index (χ1n) is 4.40. The zero-order chi connectivity index (χ0) is 10.8. The Kier molecular flexibility index (Phi) is 2.77. The molecule has 2 aromatic heterocycles. The summed E-state index contributed by atoms with van der Waals surface area (Å²) in [6, 6.07) is 3.03. The van der Waals surface area contributed by atoms with Gasteiger partial charge in [0.15, 0.2) is 0 Å². The molecule has 2 heterocycles. The smallest absolute Gasteiger partial charge is 0.388 e. The minimum Gasteiger partial charge on any atom is -0.417 e. The molecule has 2 aromatic rings. The first-order valence-corrected chi connectivity index (χ1v) is 5.22. The van der Waals surface area contributed by atoms with Gasteiger partial charge in [0.2, 0.25) is 5.88 Å². The van der Waals surface area contributed by atoms with Crippen LogP contribution in [0.3, 0.4) is 0 Å². The Hall–Kier alpha value is -1.30. The molecular formula is C9H8F2N2OS. The van der Waals surface area contributed by atoms with Gasteiger partial charge in [0.25, 0.3) is 0 Å². The summed E-state index contributed by atoms with van der Waals surface area (Å²) in [4.78, 5) is 8.83. The highest BCUT2D eigenvalue weighted by Crippen LogP contribution is 2.23. The van der Waals surface area contributed by atoms with Gasteiger partial charge in [-0.15, -0.1) is 0 Å². The number of aryl methyl sites for hydroxylation is 1. The van der Waals surface area contributed by atoms with Crippen LogP contribution in [0.4, 0.5) is 8.78 Å². The molecule has 0 aliphatic heterocycles. The molecule has 0 aliphatic carbocycles. The van der Waals surface area contributed by atoms with Crippen molar-refractivity contribution >= 4 is 21.7 Å². The van der Waals surface area contributed by atoms with E-state index in [1.54, 1.807) is 6.07 Å². The second-order valence-electron chi connectivity index (χ2n) is 2.81. The van der Waals surface area contributed by atoms with Gasteiger partial charge in [-0.1, -0.05) is 18.3 Å². The Morgan fingerprint density at radius 3 is 2.87 bits per heavy atom. The van der Waals surface area contributed by atoms with Crippen LogP contribution in [-0.2, 0) is 6.42 Å². The highest BCUT2D eigenvalue weighted by atomic mass is 32.1. The molecule has 0 amide bonds. The van der Waals surface area contributed by atoms with Crippen LogP contribution < -0.4 is 4.74 Å². The zero-order valence-corrected chi connectivity index (χ0v) is 8.72. The van der Waals surface area contributed by atoms with Crippen LogP contribution in [0.1, 0.15) is 11.9 Å². The van der Waals surface area contributed by atoms with Crippen molar-refractivity contribution in [3.05, 3.63) is 17.1 Å². The Balaban J connectivity index is 2.37. The van der Waals surface area contributed by atoms with Crippen LogP contribution in [-0.4, -0.2) is 16.6 Å². The van der Waals surface area contributed by atoms with E-state index in [-0.39, 0.29) is 5.88 Å². The van der Waals surface area contributed by atoms with Crippen LogP contribution in [0.25, 0.3) is 10.3 Å². The molecule has 0 bridgehead atoms. The molecule has 0 spiro atoms. The van der Waals surface area contributed by atoms with E-state index in [4.69, 9.17) is 0 Å². The van der Waals surface area contributed by atoms with Crippen molar-refractivity contribution in [1.29, 1.82) is 0 Å². The molecule has 6 heteroatoms. The van der Waals surface area contributed by atoms with Gasteiger partial charge >= 0.3 is 6.61 Å². The largest absolute Gasteiger partial charge is 0.417 e. The highest BCUT2D eigenvalue weighted by Gasteiger charge is 2.08. The van der Waals surface area contributed by atoms with Gasteiger partial charge < -0.3 is 4.74 Å². The molecular weight excluding hydrogens is 222 g/mol. The van der Waals surface area contributed by atoms with E-state index in [1.807, 2.05) is 6.92 Å². The van der Waals surface area contributed by atoms with Crippen LogP contribution in [0.15, 0.2) is 12.1 Å². The van der Waals surface area contributed by atoms with Gasteiger partial charge in [-0.25, -0.2) is 9.97 Å². The SMILES string of the molecule is CCc1nc2ccc(OC(F)F)nc2s1. The maximum Gasteiger partial charge on any atom is 0.388 e. The zero-order valence-electron chi connectivity index (χ0n) is 7.91. The second kappa shape index (κ2) is 4.06. The molecule has 0 aromatic carbocycles. The van der Waals surface area contributed by atoms with Gasteiger partial charge in [0.1, 0.15) is 10.3 Å². The maximum atomic E-state index is 11.9. The summed E-state index contributed by atoms with van der Waals surface area (Å²) in [6.45, 7) is -0.859. The number of aromatic nitrogens is 2. The number of ether oxygens (including phenoxy) is 1. The predicted molar refractivity (Wildman–Crippen MR) is 53.4 cm³/mol. The van der Waals surface area contributed by atoms with E-state index in [1.165, 1.54) is 17.4 Å². The molecule has 0 aliphatic rings. The molecule has 0 saturated heterocycles. The van der Waals surface area contributed by atoms with E-state index in [9.17, 15) is 8.78 Å². The first kappa shape index (κ1) is 10.2. The lowest BCUT2D eigenvalue weighted by Gasteiger charge is -2.01. The molecule has 0 N–H and O–H groups in total. The molecule has 0 unspecified atom stereocenters. The Labute approximate surface area is 88.7 Å². The number of halogens is 2. The summed E-state index contributed by atoms with van der Waals surface area (Å²) in [5.74, 6) is -0.0659. The van der Waals surface area contributed by atoms with Crippen molar-refractivity contribution < 1.29 is 13.5 Å². The lowest BCUT2D eigenvalue weighted by atomic mass is 10.4. The summed E-state index contributed by atoms with van der Waals surface area (Å²) in [7, 11) is 0. The van der Waals surface area contributed by atoms with Crippen LogP contribution >= 0.6 is 11.3 Å². The molecule has 3 nitrogen and oxygen atoms in total. The number of pyridine rings is 1. The summed E-state index contributed by atoms with van der Waals surface area (Å²) in [5, 5.41) is 0.937. The van der Waals surface area contributed by atoms with Crippen LogP contribution in [0.2, 0.25) is 0 Å². The highest BCUT2D eigenvalue weighted by molar-refractivity contribution is 7.18. The van der Waals surface area contributed by atoms with Crippen LogP contribution in [0.5, 0.6) is 5.88 Å². The number of rotatable bonds is 3. The van der Waals surface area contributed by atoms with Crippen molar-refractivity contribution in [2.75, 3.05) is 0 Å². The average molecular weight is 230 g/mol. The van der Waals surface area contributed by atoms with Gasteiger partial charge in [-0.05, 0) is 12.5 Å². The lowest BCUT2D eigenvalue weighted by molar-refractivity contribution is -0.0526. The van der Waals surface area contributed by atoms with Crippen LogP contribution in [0, 0.1) is 0 Å². The standard InChI is InChI=1S/C9H8F2N2OS/c1-2-7-12-5-3-4-6(14-9(10)11)13-8(5)15-7/h3-4,9H,2H2,1H3. The monoisotopic (exact) mass is 230 g/mol. The number of thiazole rings is 1. The third-order valence-electron chi connectivity index (χ3n) is 1.79. The number of alkyl halides is 2. The molecule has 80 valence electrons. The van der Waals surface area contributed by atoms with E-state index < -0.39 is 6.61 Å². The molecule has 15 heavy (non-hydrogen) atoms. The number of hydrogen-bond donors (Lipinski definition) is 0. The summed E-state index contributed by atoms with van der Waals surface area (Å²) in [6.07, 6.45) is 0.812. The Morgan fingerprint density at radius 2 is 2.20 bits per heavy atom. The number of nitrogens with zero attached hydrogens (tertiary/aromatic N) is 2. The van der Waals surface area contributed by atoms with E-state index in [0.717, 1.165) is 16.9 Å². The number of hydrogen-bond acceptors (Lipinski definition) is 4. The fraction of sp³-hybridized carbons (Fsp3) is 0.333. The summed E-state index contributed by atoms with van der Waals surface area (Å²) >= 11 is 1.39. The fourth-order valence-corrected chi connectivity index (χ4v) is 2.02. The Morgan fingerprint density at radius 1 is 1.40 bits per heavy atom. The quantitative estimate of drug-likeness (QED) is 0.813. The van der Waals surface area contributed by atoms with Crippen molar-refractivity contribution in [2.45, 2.75) is 20.0 Å². The van der Waals surface area contributed by atoms with E-state index in [0.29, 0.717) is 4.83 Å².